The summed E-state index contributed by atoms with van der Waals surface area (Å²) >= 11 is 3.33. The van der Waals surface area contributed by atoms with Crippen molar-refractivity contribution in [3.63, 3.8) is 0 Å². The summed E-state index contributed by atoms with van der Waals surface area (Å²) in [6.07, 6.45) is 2.34. The Labute approximate surface area is 114 Å². The van der Waals surface area contributed by atoms with Crippen molar-refractivity contribution in [2.75, 3.05) is 24.7 Å². The summed E-state index contributed by atoms with van der Waals surface area (Å²) in [6.45, 7) is 2.53. The van der Waals surface area contributed by atoms with E-state index in [1.165, 1.54) is 12.8 Å². The first-order valence-electron chi connectivity index (χ1n) is 6.05. The van der Waals surface area contributed by atoms with Crippen LogP contribution in [0.4, 0.5) is 5.69 Å². The number of amides is 1. The summed E-state index contributed by atoms with van der Waals surface area (Å²) in [5.41, 5.74) is 1.24. The smallest absolute Gasteiger partial charge is 0.291 e. The summed E-state index contributed by atoms with van der Waals surface area (Å²) in [5, 5.41) is 0. The summed E-state index contributed by atoms with van der Waals surface area (Å²) in [6, 6.07) is 5.42. The summed E-state index contributed by atoms with van der Waals surface area (Å²) in [4.78, 5) is 27.7. The van der Waals surface area contributed by atoms with Crippen molar-refractivity contribution in [1.29, 1.82) is 0 Å². The number of carbonyl (C=O) groups excluding carboxylic acids is 2. The molecular formula is C13H13BrN2O2. The van der Waals surface area contributed by atoms with E-state index in [1.54, 1.807) is 11.0 Å². The van der Waals surface area contributed by atoms with Crippen molar-refractivity contribution in [1.82, 2.24) is 4.90 Å². The molecule has 0 radical (unpaired) electrons. The zero-order chi connectivity index (χ0) is 12.7. The van der Waals surface area contributed by atoms with Crippen LogP contribution in [-0.2, 0) is 4.79 Å². The van der Waals surface area contributed by atoms with Gasteiger partial charge >= 0.3 is 5.91 Å². The van der Waals surface area contributed by atoms with Gasteiger partial charge in [0.15, 0.2) is 0 Å². The first-order valence-corrected chi connectivity index (χ1v) is 6.84. The Bertz CT molecular complexity index is 524. The second kappa shape index (κ2) is 4.48. The number of hydrogen-bond donors (Lipinski definition) is 0. The molecule has 0 saturated carbocycles. The van der Waals surface area contributed by atoms with Crippen LogP contribution in [0.15, 0.2) is 22.7 Å². The molecule has 1 saturated heterocycles. The third-order valence-corrected chi connectivity index (χ3v) is 3.97. The van der Waals surface area contributed by atoms with Gasteiger partial charge in [0.2, 0.25) is 0 Å². The maximum atomic E-state index is 12.0. The molecule has 94 valence electrons. The second-order valence-electron chi connectivity index (χ2n) is 4.69. The fourth-order valence-corrected chi connectivity index (χ4v) is 2.90. The number of rotatable bonds is 2. The number of benzene rings is 1. The van der Waals surface area contributed by atoms with Crippen LogP contribution < -0.4 is 4.90 Å². The number of carbonyl (C=O) groups is 2. The van der Waals surface area contributed by atoms with Gasteiger partial charge in [-0.1, -0.05) is 15.9 Å². The Morgan fingerprint density at radius 1 is 1.17 bits per heavy atom. The molecule has 0 spiro atoms. The van der Waals surface area contributed by atoms with E-state index in [0.717, 1.165) is 23.2 Å². The number of Topliss-reactive ketones (excluding diaryl/α,β-unsaturated/α-hetero) is 1. The van der Waals surface area contributed by atoms with E-state index in [0.29, 0.717) is 12.2 Å². The van der Waals surface area contributed by atoms with Gasteiger partial charge in [0, 0.05) is 4.47 Å². The Balaban J connectivity index is 1.91. The molecule has 1 aromatic rings. The topological polar surface area (TPSA) is 40.6 Å². The van der Waals surface area contributed by atoms with Crippen molar-refractivity contribution in [3.05, 3.63) is 28.2 Å². The van der Waals surface area contributed by atoms with E-state index in [-0.39, 0.29) is 0 Å². The minimum Gasteiger partial charge on any atom is -0.291 e. The highest BCUT2D eigenvalue weighted by molar-refractivity contribution is 9.10. The fraction of sp³-hybridized carbons (Fsp3) is 0.385. The molecule has 1 aromatic carbocycles. The molecule has 1 amide bonds. The van der Waals surface area contributed by atoms with Crippen LogP contribution in [0.5, 0.6) is 0 Å². The number of hydrogen-bond acceptors (Lipinski definition) is 3. The van der Waals surface area contributed by atoms with Crippen molar-refractivity contribution in [2.45, 2.75) is 12.8 Å². The predicted molar refractivity (Wildman–Crippen MR) is 71.6 cm³/mol. The molecule has 0 unspecified atom stereocenters. The van der Waals surface area contributed by atoms with Crippen molar-refractivity contribution >= 4 is 33.3 Å². The van der Waals surface area contributed by atoms with Crippen molar-refractivity contribution in [2.24, 2.45) is 0 Å². The fourth-order valence-electron chi connectivity index (χ4n) is 2.54. The number of likely N-dealkylation sites (tertiary alicyclic amines) is 1. The third kappa shape index (κ3) is 1.87. The van der Waals surface area contributed by atoms with Crippen LogP contribution >= 0.6 is 15.9 Å². The van der Waals surface area contributed by atoms with Crippen LogP contribution in [0.25, 0.3) is 0 Å². The van der Waals surface area contributed by atoms with Crippen molar-refractivity contribution < 1.29 is 9.59 Å². The number of ketones is 1. The number of anilines is 1. The quantitative estimate of drug-likeness (QED) is 0.785. The maximum Gasteiger partial charge on any atom is 0.300 e. The van der Waals surface area contributed by atoms with Crippen LogP contribution in [0.1, 0.15) is 23.2 Å². The van der Waals surface area contributed by atoms with Gasteiger partial charge in [-0.3, -0.25) is 19.4 Å². The average Bonchev–Trinajstić information content (AvgIpc) is 2.94. The van der Waals surface area contributed by atoms with E-state index in [4.69, 9.17) is 0 Å². The van der Waals surface area contributed by atoms with E-state index in [1.807, 2.05) is 12.1 Å². The van der Waals surface area contributed by atoms with Crippen LogP contribution in [0.3, 0.4) is 0 Å². The van der Waals surface area contributed by atoms with Gasteiger partial charge < -0.3 is 0 Å². The Morgan fingerprint density at radius 2 is 1.89 bits per heavy atom. The van der Waals surface area contributed by atoms with Crippen molar-refractivity contribution in [3.8, 4) is 0 Å². The number of nitrogens with zero attached hydrogens (tertiary/aromatic N) is 2. The molecule has 0 aliphatic carbocycles. The molecule has 2 aliphatic rings. The predicted octanol–water partition coefficient (Wildman–Crippen LogP) is 2.03. The Kier molecular flexibility index (Phi) is 2.95. The standard InChI is InChI=1S/C13H13BrN2O2/c14-9-3-4-11-10(7-9)12(17)13(18)16(11)8-15-5-1-2-6-15/h3-4,7H,1-2,5-6,8H2. The third-order valence-electron chi connectivity index (χ3n) is 3.47. The molecule has 2 heterocycles. The minimum atomic E-state index is -0.407. The lowest BCUT2D eigenvalue weighted by Crippen LogP contribution is -2.39. The SMILES string of the molecule is O=C1C(=O)N(CN2CCCC2)c2ccc(Br)cc21. The highest BCUT2D eigenvalue weighted by atomic mass is 79.9. The maximum absolute atomic E-state index is 12.0. The molecule has 1 fully saturated rings. The van der Waals surface area contributed by atoms with E-state index >= 15 is 0 Å². The van der Waals surface area contributed by atoms with Gasteiger partial charge in [-0.15, -0.1) is 0 Å². The van der Waals surface area contributed by atoms with E-state index in [2.05, 4.69) is 20.8 Å². The molecule has 0 N–H and O–H groups in total. The average molecular weight is 309 g/mol. The molecular weight excluding hydrogens is 296 g/mol. The summed E-state index contributed by atoms with van der Waals surface area (Å²) in [5.74, 6) is -0.805. The Hall–Kier alpha value is -1.20. The zero-order valence-corrected chi connectivity index (χ0v) is 11.4. The highest BCUT2D eigenvalue weighted by Gasteiger charge is 2.36. The molecule has 2 aliphatic heterocycles. The lowest BCUT2D eigenvalue weighted by Gasteiger charge is -2.23. The first-order chi connectivity index (χ1) is 8.66. The molecule has 5 heteroatoms. The summed E-state index contributed by atoms with van der Waals surface area (Å²) in [7, 11) is 0. The van der Waals surface area contributed by atoms with Crippen LogP contribution in [0, 0.1) is 0 Å². The molecule has 0 atom stereocenters. The lowest BCUT2D eigenvalue weighted by atomic mass is 10.1. The number of halogens is 1. The van der Waals surface area contributed by atoms with Gasteiger partial charge in [-0.25, -0.2) is 0 Å². The molecule has 3 rings (SSSR count). The normalized spacial score (nSPS) is 19.7. The van der Waals surface area contributed by atoms with E-state index < -0.39 is 11.7 Å². The second-order valence-corrected chi connectivity index (χ2v) is 5.61. The van der Waals surface area contributed by atoms with Crippen LogP contribution in [-0.4, -0.2) is 36.3 Å². The molecule has 4 nitrogen and oxygen atoms in total. The highest BCUT2D eigenvalue weighted by Crippen LogP contribution is 2.31. The van der Waals surface area contributed by atoms with Gasteiger partial charge in [-0.05, 0) is 44.1 Å². The first kappa shape index (κ1) is 11.9. The largest absolute Gasteiger partial charge is 0.300 e. The lowest BCUT2D eigenvalue weighted by molar-refractivity contribution is -0.114. The van der Waals surface area contributed by atoms with Crippen LogP contribution in [0.2, 0.25) is 0 Å². The van der Waals surface area contributed by atoms with Gasteiger partial charge in [0.05, 0.1) is 17.9 Å². The van der Waals surface area contributed by atoms with Gasteiger partial charge in [0.25, 0.3) is 5.78 Å². The summed E-state index contributed by atoms with van der Waals surface area (Å²) < 4.78 is 0.824. The van der Waals surface area contributed by atoms with Gasteiger partial charge in [0.1, 0.15) is 0 Å². The molecule has 0 aromatic heterocycles. The minimum absolute atomic E-state index is 0.398. The monoisotopic (exact) mass is 308 g/mol. The number of fused-ring (bicyclic) bond motifs is 1. The molecule has 0 bridgehead atoms. The molecule has 18 heavy (non-hydrogen) atoms. The van der Waals surface area contributed by atoms with Gasteiger partial charge in [-0.2, -0.15) is 0 Å². The Morgan fingerprint density at radius 3 is 2.61 bits per heavy atom. The van der Waals surface area contributed by atoms with E-state index in [9.17, 15) is 9.59 Å². The zero-order valence-electron chi connectivity index (χ0n) is 9.86.